The molecule has 0 bridgehead atoms. The van der Waals surface area contributed by atoms with Crippen LogP contribution in [-0.4, -0.2) is 27.1 Å². The van der Waals surface area contributed by atoms with Gasteiger partial charge in [0.15, 0.2) is 0 Å². The van der Waals surface area contributed by atoms with Crippen LogP contribution < -0.4 is 9.62 Å². The number of para-hydroxylation sites is 1. The van der Waals surface area contributed by atoms with Gasteiger partial charge in [0.1, 0.15) is 6.54 Å². The van der Waals surface area contributed by atoms with E-state index in [4.69, 9.17) is 11.6 Å². The Kier molecular flexibility index (Phi) is 6.31. The van der Waals surface area contributed by atoms with Gasteiger partial charge in [-0.3, -0.25) is 9.10 Å². The SMILES string of the molecule is Cc1cccc(C(C)C)c1N(CC(=O)Nc1cccc(Cl)c1)S(C)(=O)=O. The van der Waals surface area contributed by atoms with Gasteiger partial charge in [-0.05, 0) is 42.2 Å². The summed E-state index contributed by atoms with van der Waals surface area (Å²) in [7, 11) is -3.65. The molecule has 0 saturated carbocycles. The highest BCUT2D eigenvalue weighted by Gasteiger charge is 2.25. The van der Waals surface area contributed by atoms with E-state index in [1.165, 1.54) is 0 Å². The highest BCUT2D eigenvalue weighted by atomic mass is 35.5. The molecule has 0 aliphatic carbocycles. The Balaban J connectivity index is 2.37. The Morgan fingerprint density at radius 1 is 1.19 bits per heavy atom. The number of benzene rings is 2. The monoisotopic (exact) mass is 394 g/mol. The molecule has 2 aromatic carbocycles. The first kappa shape index (κ1) is 20.3. The second-order valence-corrected chi connectivity index (χ2v) is 8.84. The summed E-state index contributed by atoms with van der Waals surface area (Å²) >= 11 is 5.92. The predicted octanol–water partition coefficient (Wildman–Crippen LogP) is 4.18. The average molecular weight is 395 g/mol. The molecule has 0 atom stereocenters. The van der Waals surface area contributed by atoms with Gasteiger partial charge in [0, 0.05) is 10.7 Å². The minimum Gasteiger partial charge on any atom is -0.324 e. The van der Waals surface area contributed by atoms with Crippen molar-refractivity contribution in [2.45, 2.75) is 26.7 Å². The maximum atomic E-state index is 12.5. The zero-order valence-electron chi connectivity index (χ0n) is 15.3. The normalized spacial score (nSPS) is 11.5. The Hall–Kier alpha value is -2.05. The van der Waals surface area contributed by atoms with Crippen molar-refractivity contribution in [1.82, 2.24) is 0 Å². The largest absolute Gasteiger partial charge is 0.324 e. The van der Waals surface area contributed by atoms with Crippen molar-refractivity contribution < 1.29 is 13.2 Å². The van der Waals surface area contributed by atoms with E-state index in [1.807, 2.05) is 39.0 Å². The topological polar surface area (TPSA) is 66.5 Å². The van der Waals surface area contributed by atoms with Crippen LogP contribution in [0.2, 0.25) is 5.02 Å². The maximum absolute atomic E-state index is 12.5. The van der Waals surface area contributed by atoms with Crippen LogP contribution in [0.1, 0.15) is 30.9 Å². The van der Waals surface area contributed by atoms with E-state index in [-0.39, 0.29) is 12.5 Å². The van der Waals surface area contributed by atoms with E-state index in [1.54, 1.807) is 24.3 Å². The summed E-state index contributed by atoms with van der Waals surface area (Å²) < 4.78 is 26.0. The molecular weight excluding hydrogens is 372 g/mol. The van der Waals surface area contributed by atoms with Crippen LogP contribution in [0, 0.1) is 6.92 Å². The van der Waals surface area contributed by atoms with Crippen LogP contribution in [0.15, 0.2) is 42.5 Å². The number of hydrogen-bond donors (Lipinski definition) is 1. The Morgan fingerprint density at radius 2 is 1.85 bits per heavy atom. The summed E-state index contributed by atoms with van der Waals surface area (Å²) in [5, 5.41) is 3.18. The molecule has 0 radical (unpaired) electrons. The fraction of sp³-hybridized carbons (Fsp3) is 0.316. The van der Waals surface area contributed by atoms with Crippen molar-refractivity contribution in [2.24, 2.45) is 0 Å². The van der Waals surface area contributed by atoms with E-state index >= 15 is 0 Å². The summed E-state index contributed by atoms with van der Waals surface area (Å²) in [6.07, 6.45) is 1.11. The summed E-state index contributed by atoms with van der Waals surface area (Å²) in [5.74, 6) is -0.319. The van der Waals surface area contributed by atoms with Gasteiger partial charge in [-0.1, -0.05) is 49.7 Å². The van der Waals surface area contributed by atoms with Crippen LogP contribution in [0.4, 0.5) is 11.4 Å². The molecule has 0 heterocycles. The number of rotatable bonds is 6. The first-order valence-electron chi connectivity index (χ1n) is 8.22. The fourth-order valence-electron chi connectivity index (χ4n) is 2.75. The quantitative estimate of drug-likeness (QED) is 0.799. The third-order valence-corrected chi connectivity index (χ3v) is 5.28. The highest BCUT2D eigenvalue weighted by molar-refractivity contribution is 7.92. The molecule has 0 fully saturated rings. The van der Waals surface area contributed by atoms with E-state index in [9.17, 15) is 13.2 Å². The molecule has 7 heteroatoms. The van der Waals surface area contributed by atoms with Gasteiger partial charge in [-0.2, -0.15) is 0 Å². The first-order valence-corrected chi connectivity index (χ1v) is 10.4. The standard InChI is InChI=1S/C19H23ClN2O3S/c1-13(2)17-10-5-7-14(3)19(17)22(26(4,24)25)12-18(23)21-16-9-6-8-15(20)11-16/h5-11,13H,12H2,1-4H3,(H,21,23). The van der Waals surface area contributed by atoms with Crippen molar-refractivity contribution in [3.63, 3.8) is 0 Å². The lowest BCUT2D eigenvalue weighted by Crippen LogP contribution is -2.38. The summed E-state index contributed by atoms with van der Waals surface area (Å²) in [4.78, 5) is 12.5. The minimum atomic E-state index is -3.65. The van der Waals surface area contributed by atoms with Crippen LogP contribution in [0.5, 0.6) is 0 Å². The molecule has 0 spiro atoms. The Labute approximate surface area is 160 Å². The zero-order chi connectivity index (χ0) is 19.5. The van der Waals surface area contributed by atoms with Gasteiger partial charge in [0.2, 0.25) is 15.9 Å². The summed E-state index contributed by atoms with van der Waals surface area (Å²) in [6.45, 7) is 5.51. The predicted molar refractivity (Wildman–Crippen MR) is 108 cm³/mol. The lowest BCUT2D eigenvalue weighted by molar-refractivity contribution is -0.114. The molecule has 140 valence electrons. The van der Waals surface area contributed by atoms with Crippen molar-refractivity contribution >= 4 is 38.9 Å². The second-order valence-electron chi connectivity index (χ2n) is 6.50. The molecule has 2 rings (SSSR count). The number of anilines is 2. The molecule has 0 aliphatic heterocycles. The molecule has 26 heavy (non-hydrogen) atoms. The number of amides is 1. The molecule has 2 aromatic rings. The van der Waals surface area contributed by atoms with Crippen LogP contribution in [0.3, 0.4) is 0 Å². The molecule has 0 unspecified atom stereocenters. The second kappa shape index (κ2) is 8.10. The molecule has 0 aromatic heterocycles. The summed E-state index contributed by atoms with van der Waals surface area (Å²) in [6, 6.07) is 12.3. The van der Waals surface area contributed by atoms with Crippen molar-refractivity contribution in [2.75, 3.05) is 22.4 Å². The number of aryl methyl sites for hydroxylation is 1. The maximum Gasteiger partial charge on any atom is 0.245 e. The zero-order valence-corrected chi connectivity index (χ0v) is 16.9. The van der Waals surface area contributed by atoms with Gasteiger partial charge < -0.3 is 5.32 Å². The summed E-state index contributed by atoms with van der Waals surface area (Å²) in [5.41, 5.74) is 2.76. The molecule has 5 nitrogen and oxygen atoms in total. The number of halogens is 1. The minimum absolute atomic E-state index is 0.116. The Bertz CT molecular complexity index is 911. The van der Waals surface area contributed by atoms with Crippen molar-refractivity contribution in [1.29, 1.82) is 0 Å². The van der Waals surface area contributed by atoms with Gasteiger partial charge in [0.25, 0.3) is 0 Å². The number of carbonyl (C=O) groups is 1. The average Bonchev–Trinajstić information content (AvgIpc) is 2.51. The van der Waals surface area contributed by atoms with E-state index in [2.05, 4.69) is 5.32 Å². The third-order valence-electron chi connectivity index (χ3n) is 3.94. The first-order chi connectivity index (χ1) is 12.1. The van der Waals surface area contributed by atoms with E-state index < -0.39 is 15.9 Å². The van der Waals surface area contributed by atoms with Crippen LogP contribution in [-0.2, 0) is 14.8 Å². The third kappa shape index (κ3) is 4.99. The number of nitrogens with one attached hydrogen (secondary N) is 1. The Morgan fingerprint density at radius 3 is 2.42 bits per heavy atom. The lowest BCUT2D eigenvalue weighted by atomic mass is 9.98. The lowest BCUT2D eigenvalue weighted by Gasteiger charge is -2.27. The number of sulfonamides is 1. The number of carbonyl (C=O) groups excluding carboxylic acids is 1. The van der Waals surface area contributed by atoms with Gasteiger partial charge in [-0.15, -0.1) is 0 Å². The van der Waals surface area contributed by atoms with Gasteiger partial charge in [0.05, 0.1) is 11.9 Å². The van der Waals surface area contributed by atoms with Crippen LogP contribution >= 0.6 is 11.6 Å². The molecule has 0 saturated heterocycles. The molecule has 0 aliphatic rings. The highest BCUT2D eigenvalue weighted by Crippen LogP contribution is 2.32. The van der Waals surface area contributed by atoms with Gasteiger partial charge in [-0.25, -0.2) is 8.42 Å². The van der Waals surface area contributed by atoms with Crippen molar-refractivity contribution in [3.05, 3.63) is 58.6 Å². The van der Waals surface area contributed by atoms with Gasteiger partial charge >= 0.3 is 0 Å². The number of nitrogens with zero attached hydrogens (tertiary/aromatic N) is 1. The molecule has 1 N–H and O–H groups in total. The molecular formula is C19H23ClN2O3S. The molecule has 1 amide bonds. The number of hydrogen-bond acceptors (Lipinski definition) is 3. The smallest absolute Gasteiger partial charge is 0.245 e. The van der Waals surface area contributed by atoms with Crippen LogP contribution in [0.25, 0.3) is 0 Å². The fourth-order valence-corrected chi connectivity index (χ4v) is 3.87. The van der Waals surface area contributed by atoms with E-state index in [0.717, 1.165) is 21.7 Å². The van der Waals surface area contributed by atoms with E-state index in [0.29, 0.717) is 16.4 Å². The van der Waals surface area contributed by atoms with Crippen molar-refractivity contribution in [3.8, 4) is 0 Å².